The lowest BCUT2D eigenvalue weighted by Crippen LogP contribution is -2.43. The Hall–Kier alpha value is -0.690. The highest BCUT2D eigenvalue weighted by Gasteiger charge is 2.40. The molecule has 0 unspecified atom stereocenters. The van der Waals surface area contributed by atoms with Gasteiger partial charge in [-0.25, -0.2) is 8.42 Å². The van der Waals surface area contributed by atoms with Crippen LogP contribution in [0.4, 0.5) is 0 Å². The molecule has 0 spiro atoms. The lowest BCUT2D eigenvalue weighted by molar-refractivity contribution is 0.412. The molecule has 2 aromatic rings. The molecule has 0 aliphatic heterocycles. The smallest absolute Gasteiger partial charge is 0.207 e. The summed E-state index contributed by atoms with van der Waals surface area (Å²) in [5, 5.41) is 2.00. The number of nitrogens with one attached hydrogen (secondary N) is 1. The molecule has 21 heavy (non-hydrogen) atoms. The average molecular weight is 386 g/mol. The third-order valence-corrected chi connectivity index (χ3v) is 7.53. The first-order chi connectivity index (χ1) is 10.0. The maximum atomic E-state index is 12.8. The van der Waals surface area contributed by atoms with Gasteiger partial charge in [-0.1, -0.05) is 31.0 Å². The van der Waals surface area contributed by atoms with Crippen LogP contribution in [0.5, 0.6) is 0 Å². The molecule has 0 saturated heterocycles. The largest absolute Gasteiger partial charge is 0.242 e. The highest BCUT2D eigenvalue weighted by Crippen LogP contribution is 2.42. The van der Waals surface area contributed by atoms with Crippen LogP contribution in [0.2, 0.25) is 0 Å². The van der Waals surface area contributed by atoms with Crippen molar-refractivity contribution in [3.05, 3.63) is 51.1 Å². The Morgan fingerprint density at radius 3 is 2.43 bits per heavy atom. The highest BCUT2D eigenvalue weighted by molar-refractivity contribution is 9.10. The monoisotopic (exact) mass is 385 g/mol. The number of rotatable bonds is 4. The molecule has 1 saturated carbocycles. The van der Waals surface area contributed by atoms with Crippen LogP contribution in [0, 0.1) is 0 Å². The van der Waals surface area contributed by atoms with Gasteiger partial charge in [-0.3, -0.25) is 0 Å². The van der Waals surface area contributed by atoms with E-state index in [0.717, 1.165) is 30.6 Å². The minimum Gasteiger partial charge on any atom is -0.207 e. The molecule has 0 amide bonds. The number of thiophene rings is 1. The molecule has 3 rings (SSSR count). The van der Waals surface area contributed by atoms with Crippen molar-refractivity contribution in [1.29, 1.82) is 0 Å². The summed E-state index contributed by atoms with van der Waals surface area (Å²) in [5.74, 6) is 0. The van der Waals surface area contributed by atoms with Crippen LogP contribution in [0.1, 0.15) is 30.6 Å². The van der Waals surface area contributed by atoms with Gasteiger partial charge in [0, 0.05) is 9.35 Å². The van der Waals surface area contributed by atoms with Crippen LogP contribution in [0.25, 0.3) is 0 Å². The number of benzene rings is 1. The number of hydrogen-bond donors (Lipinski definition) is 1. The van der Waals surface area contributed by atoms with Gasteiger partial charge in [0.05, 0.1) is 10.4 Å². The normalized spacial score (nSPS) is 18.0. The average Bonchev–Trinajstić information content (AvgIpc) is 3.09. The maximum absolute atomic E-state index is 12.8. The first kappa shape index (κ1) is 15.2. The molecule has 0 radical (unpaired) electrons. The first-order valence-corrected chi connectivity index (χ1v) is 10.0. The Labute approximate surface area is 137 Å². The molecule has 1 heterocycles. The molecule has 1 aromatic heterocycles. The van der Waals surface area contributed by atoms with E-state index in [0.29, 0.717) is 9.37 Å². The van der Waals surface area contributed by atoms with Crippen LogP contribution in [-0.2, 0) is 15.6 Å². The quantitative estimate of drug-likeness (QED) is 0.854. The van der Waals surface area contributed by atoms with Crippen LogP contribution in [0.3, 0.4) is 0 Å². The fourth-order valence-electron chi connectivity index (χ4n) is 2.90. The van der Waals surface area contributed by atoms with E-state index in [2.05, 4.69) is 20.7 Å². The van der Waals surface area contributed by atoms with E-state index in [-0.39, 0.29) is 0 Å². The van der Waals surface area contributed by atoms with Crippen molar-refractivity contribution in [2.24, 2.45) is 0 Å². The number of sulfonamides is 1. The Kier molecular flexibility index (Phi) is 4.23. The zero-order valence-corrected chi connectivity index (χ0v) is 14.6. The Morgan fingerprint density at radius 1 is 1.10 bits per heavy atom. The van der Waals surface area contributed by atoms with E-state index in [1.807, 2.05) is 23.6 Å². The zero-order valence-electron chi connectivity index (χ0n) is 11.4. The van der Waals surface area contributed by atoms with Gasteiger partial charge in [0.15, 0.2) is 0 Å². The maximum Gasteiger partial charge on any atom is 0.242 e. The summed E-state index contributed by atoms with van der Waals surface area (Å²) < 4.78 is 29.1. The van der Waals surface area contributed by atoms with Crippen molar-refractivity contribution >= 4 is 37.3 Å². The summed E-state index contributed by atoms with van der Waals surface area (Å²) in [6.45, 7) is 0. The van der Waals surface area contributed by atoms with Crippen molar-refractivity contribution in [2.75, 3.05) is 0 Å². The summed E-state index contributed by atoms with van der Waals surface area (Å²) in [6, 6.07) is 10.9. The minimum atomic E-state index is -3.55. The number of halogens is 1. The van der Waals surface area contributed by atoms with Gasteiger partial charge >= 0.3 is 0 Å². The topological polar surface area (TPSA) is 46.2 Å². The fourth-order valence-corrected chi connectivity index (χ4v) is 6.35. The van der Waals surface area contributed by atoms with Gasteiger partial charge in [0.1, 0.15) is 0 Å². The van der Waals surface area contributed by atoms with E-state index in [9.17, 15) is 8.42 Å². The molecule has 3 nitrogen and oxygen atoms in total. The molecule has 0 bridgehead atoms. The van der Waals surface area contributed by atoms with Crippen LogP contribution >= 0.6 is 27.3 Å². The lowest BCUT2D eigenvalue weighted by atomic mass is 9.97. The summed E-state index contributed by atoms with van der Waals surface area (Å²) in [4.78, 5) is 1.41. The van der Waals surface area contributed by atoms with E-state index in [4.69, 9.17) is 0 Å². The molecule has 1 aliphatic rings. The van der Waals surface area contributed by atoms with Gasteiger partial charge in [0.25, 0.3) is 0 Å². The molecular weight excluding hydrogens is 370 g/mol. The van der Waals surface area contributed by atoms with Crippen LogP contribution in [-0.4, -0.2) is 8.42 Å². The molecular formula is C15H16BrNO2S2. The van der Waals surface area contributed by atoms with Crippen molar-refractivity contribution in [1.82, 2.24) is 4.72 Å². The van der Waals surface area contributed by atoms with Crippen molar-refractivity contribution in [3.63, 3.8) is 0 Å². The van der Waals surface area contributed by atoms with E-state index < -0.39 is 15.6 Å². The van der Waals surface area contributed by atoms with Gasteiger partial charge < -0.3 is 0 Å². The summed E-state index contributed by atoms with van der Waals surface area (Å²) in [6.07, 6.45) is 3.82. The standard InChI is InChI=1S/C15H16BrNO2S2/c16-12-6-1-2-7-13(12)21(18,19)17-15(9-3-4-10-15)14-8-5-11-20-14/h1-2,5-8,11,17H,3-4,9-10H2. The summed E-state index contributed by atoms with van der Waals surface area (Å²) >= 11 is 4.95. The predicted octanol–water partition coefficient (Wildman–Crippen LogP) is 4.26. The van der Waals surface area contributed by atoms with Crippen molar-refractivity contribution in [3.8, 4) is 0 Å². The van der Waals surface area contributed by atoms with E-state index >= 15 is 0 Å². The van der Waals surface area contributed by atoms with E-state index in [1.54, 1.807) is 29.5 Å². The van der Waals surface area contributed by atoms with Crippen LogP contribution < -0.4 is 4.72 Å². The van der Waals surface area contributed by atoms with Gasteiger partial charge in [-0.2, -0.15) is 4.72 Å². The Morgan fingerprint density at radius 2 is 1.81 bits per heavy atom. The Bertz CT molecular complexity index is 720. The third-order valence-electron chi connectivity index (χ3n) is 3.91. The lowest BCUT2D eigenvalue weighted by Gasteiger charge is -2.29. The molecule has 0 atom stereocenters. The molecule has 1 fully saturated rings. The van der Waals surface area contributed by atoms with Gasteiger partial charge in [0.2, 0.25) is 10.0 Å². The molecule has 1 N–H and O–H groups in total. The van der Waals surface area contributed by atoms with E-state index in [1.165, 1.54) is 0 Å². The third kappa shape index (κ3) is 2.95. The zero-order chi connectivity index (χ0) is 14.9. The molecule has 1 aromatic carbocycles. The molecule has 112 valence electrons. The minimum absolute atomic E-state index is 0.299. The Balaban J connectivity index is 1.99. The first-order valence-electron chi connectivity index (χ1n) is 6.86. The number of hydrogen-bond acceptors (Lipinski definition) is 3. The second-order valence-corrected chi connectivity index (χ2v) is 8.76. The van der Waals surface area contributed by atoms with Crippen LogP contribution in [0.15, 0.2) is 51.1 Å². The second-order valence-electron chi connectivity index (χ2n) is 5.30. The molecule has 1 aliphatic carbocycles. The van der Waals surface area contributed by atoms with Gasteiger partial charge in [-0.05, 0) is 52.4 Å². The summed E-state index contributed by atoms with van der Waals surface area (Å²) in [5.41, 5.74) is -0.442. The summed E-state index contributed by atoms with van der Waals surface area (Å²) in [7, 11) is -3.55. The fraction of sp³-hybridized carbons (Fsp3) is 0.333. The van der Waals surface area contributed by atoms with Gasteiger partial charge in [-0.15, -0.1) is 11.3 Å². The van der Waals surface area contributed by atoms with Crippen molar-refractivity contribution in [2.45, 2.75) is 36.1 Å². The second kappa shape index (κ2) is 5.83. The SMILES string of the molecule is O=S(=O)(NC1(c2cccs2)CCCC1)c1ccccc1Br. The highest BCUT2D eigenvalue weighted by atomic mass is 79.9. The predicted molar refractivity (Wildman–Crippen MR) is 88.9 cm³/mol. The molecule has 6 heteroatoms. The van der Waals surface area contributed by atoms with Crippen molar-refractivity contribution < 1.29 is 8.42 Å².